The number of nitrogen functional groups attached to an aromatic ring is 1. The number of hydrogen-bond donors (Lipinski definition) is 3. The molecule has 0 aliphatic heterocycles. The number of thiazole rings is 2. The monoisotopic (exact) mass is 921 g/mol. The number of aromatic nitrogens is 2. The second kappa shape index (κ2) is 19.0. The molecule has 6 N–H and O–H groups in total. The number of methoxy groups -OCH3 is 2. The lowest BCUT2D eigenvalue weighted by molar-refractivity contribution is 0.0982. The van der Waals surface area contributed by atoms with E-state index in [-0.39, 0.29) is 24.7 Å². The normalized spacial score (nSPS) is 10.7. The van der Waals surface area contributed by atoms with Gasteiger partial charge in [-0.15, -0.1) is 22.7 Å². The van der Waals surface area contributed by atoms with Gasteiger partial charge in [-0.3, -0.25) is 9.59 Å². The van der Waals surface area contributed by atoms with Crippen molar-refractivity contribution in [2.75, 3.05) is 20.0 Å². The number of nitrogens with two attached hydrogens (primary N) is 3. The van der Waals surface area contributed by atoms with Crippen LogP contribution in [0.25, 0.3) is 33.0 Å². The Bertz CT molecular complexity index is 2680. The topological polar surface area (TPSA) is 175 Å². The van der Waals surface area contributed by atoms with E-state index in [9.17, 15) is 27.2 Å². The molecule has 5 aromatic carbocycles. The summed E-state index contributed by atoms with van der Waals surface area (Å²) in [6.45, 7) is -0.165. The highest BCUT2D eigenvalue weighted by atomic mass is 79.9. The van der Waals surface area contributed by atoms with Crippen molar-refractivity contribution >= 4 is 56.1 Å². The molecule has 2 aromatic heterocycles. The molecule has 0 saturated carbocycles. The van der Waals surface area contributed by atoms with Crippen molar-refractivity contribution in [2.24, 2.45) is 11.5 Å². The molecule has 18 heteroatoms. The van der Waals surface area contributed by atoms with Gasteiger partial charge in [-0.2, -0.15) is 0 Å². The van der Waals surface area contributed by atoms with Crippen LogP contribution in [0, 0.1) is 23.3 Å². The Labute approximate surface area is 356 Å². The lowest BCUT2D eigenvalue weighted by Gasteiger charge is -2.08. The standard InChI is InChI=1S/C24H19F2N3O3S.C18H13BrF2N2O3S/c1-31-14-8-6-13(7-9-14)22-23(15-4-2-3-5-17(15)27)33-19(29-22)12-32-18-11-10-16(25)20(21(18)26)24(28)30;1-25-10-4-2-9(3-5-10)16-17(19)27-13(23-16)8-26-12-7-6-11(20)14(15(12)21)18(22)24/h2-11H,12,27H2,1H3,(H2,28,30);2-7H,8H2,1H3,(H2,22,24). The maximum atomic E-state index is 14.5. The van der Waals surface area contributed by atoms with Gasteiger partial charge in [-0.25, -0.2) is 27.5 Å². The van der Waals surface area contributed by atoms with E-state index in [0.717, 1.165) is 55.4 Å². The summed E-state index contributed by atoms with van der Waals surface area (Å²) < 4.78 is 78.0. The summed E-state index contributed by atoms with van der Waals surface area (Å²) in [6.07, 6.45) is 0. The molecular formula is C42H32BrF4N5O6S2. The molecule has 0 aliphatic carbocycles. The first kappa shape index (κ1) is 43.1. The highest BCUT2D eigenvalue weighted by molar-refractivity contribution is 9.11. The van der Waals surface area contributed by atoms with Gasteiger partial charge in [-0.1, -0.05) is 18.2 Å². The maximum Gasteiger partial charge on any atom is 0.254 e. The van der Waals surface area contributed by atoms with E-state index >= 15 is 0 Å². The largest absolute Gasteiger partial charge is 0.497 e. The van der Waals surface area contributed by atoms with Crippen LogP contribution in [0.5, 0.6) is 23.0 Å². The number of nitrogens with zero attached hydrogens (tertiary/aromatic N) is 2. The highest BCUT2D eigenvalue weighted by Gasteiger charge is 2.22. The van der Waals surface area contributed by atoms with Gasteiger partial charge in [0.1, 0.15) is 57.5 Å². The highest BCUT2D eigenvalue weighted by Crippen LogP contribution is 2.40. The SMILES string of the molecule is COc1ccc(-c2nc(COc3ccc(F)c(C(N)=O)c3F)sc2-c2ccccc2N)cc1.COc1ccc(-c2nc(COc3ccc(F)c(C(N)=O)c3F)sc2Br)cc1. The minimum atomic E-state index is -1.21. The van der Waals surface area contributed by atoms with E-state index in [1.54, 1.807) is 20.3 Å². The number of benzene rings is 5. The number of ether oxygens (including phenoxy) is 4. The Morgan fingerprint density at radius 3 is 1.55 bits per heavy atom. The summed E-state index contributed by atoms with van der Waals surface area (Å²) in [7, 11) is 3.17. The van der Waals surface area contributed by atoms with Crippen molar-refractivity contribution in [3.63, 3.8) is 0 Å². The van der Waals surface area contributed by atoms with Crippen LogP contribution in [0.15, 0.2) is 101 Å². The van der Waals surface area contributed by atoms with Crippen LogP contribution in [0.2, 0.25) is 0 Å². The molecule has 0 radical (unpaired) electrons. The van der Waals surface area contributed by atoms with Crippen molar-refractivity contribution < 1.29 is 46.1 Å². The van der Waals surface area contributed by atoms with E-state index < -0.39 is 46.2 Å². The predicted octanol–water partition coefficient (Wildman–Crippen LogP) is 9.56. The molecular weight excluding hydrogens is 891 g/mol. The summed E-state index contributed by atoms with van der Waals surface area (Å²) in [5, 5.41) is 1.10. The number of anilines is 1. The predicted molar refractivity (Wildman–Crippen MR) is 224 cm³/mol. The van der Waals surface area contributed by atoms with Crippen LogP contribution in [0.3, 0.4) is 0 Å². The first-order valence-corrected chi connectivity index (χ1v) is 19.8. The van der Waals surface area contributed by atoms with Crippen molar-refractivity contribution in [1.29, 1.82) is 0 Å². The lowest BCUT2D eigenvalue weighted by atomic mass is 10.1. The lowest BCUT2D eigenvalue weighted by Crippen LogP contribution is -2.16. The number of rotatable bonds is 13. The fraction of sp³-hybridized carbons (Fsp3) is 0.0952. The molecule has 0 saturated heterocycles. The number of para-hydroxylation sites is 1. The van der Waals surface area contributed by atoms with Crippen LogP contribution in [-0.2, 0) is 13.2 Å². The van der Waals surface area contributed by atoms with Gasteiger partial charge < -0.3 is 36.1 Å². The zero-order valence-corrected chi connectivity index (χ0v) is 34.7. The van der Waals surface area contributed by atoms with Gasteiger partial charge in [0.15, 0.2) is 23.1 Å². The third-order valence-electron chi connectivity index (χ3n) is 8.54. The van der Waals surface area contributed by atoms with E-state index in [1.165, 1.54) is 22.7 Å². The summed E-state index contributed by atoms with van der Waals surface area (Å²) in [5.41, 5.74) is 19.1. The van der Waals surface area contributed by atoms with Crippen LogP contribution in [0.1, 0.15) is 30.7 Å². The van der Waals surface area contributed by atoms with Gasteiger partial charge in [0.25, 0.3) is 11.8 Å². The Hall–Kier alpha value is -6.50. The minimum absolute atomic E-state index is 0.0554. The average Bonchev–Trinajstić information content (AvgIpc) is 3.83. The molecule has 7 rings (SSSR count). The van der Waals surface area contributed by atoms with E-state index in [2.05, 4.69) is 25.9 Å². The summed E-state index contributed by atoms with van der Waals surface area (Å²) in [4.78, 5) is 32.5. The quantitative estimate of drug-likeness (QED) is 0.0752. The number of primary amides is 2. The fourth-order valence-electron chi connectivity index (χ4n) is 5.61. The smallest absolute Gasteiger partial charge is 0.254 e. The van der Waals surface area contributed by atoms with E-state index in [0.29, 0.717) is 32.8 Å². The number of hydrogen-bond acceptors (Lipinski definition) is 11. The van der Waals surface area contributed by atoms with Gasteiger partial charge in [-0.05, 0) is 94.8 Å². The van der Waals surface area contributed by atoms with Gasteiger partial charge in [0, 0.05) is 22.4 Å². The van der Waals surface area contributed by atoms with Crippen molar-refractivity contribution in [3.05, 3.63) is 145 Å². The van der Waals surface area contributed by atoms with Crippen LogP contribution >= 0.6 is 38.6 Å². The summed E-state index contributed by atoms with van der Waals surface area (Å²) >= 11 is 6.11. The second-order valence-electron chi connectivity index (χ2n) is 12.3. The Kier molecular flexibility index (Phi) is 13.7. The molecule has 0 spiro atoms. The Balaban J connectivity index is 0.000000205. The molecule has 0 fully saturated rings. The maximum absolute atomic E-state index is 14.5. The van der Waals surface area contributed by atoms with E-state index in [4.69, 9.17) is 36.1 Å². The molecule has 0 unspecified atom stereocenters. The molecule has 308 valence electrons. The first-order chi connectivity index (χ1) is 28.8. The van der Waals surface area contributed by atoms with Crippen molar-refractivity contribution in [2.45, 2.75) is 13.2 Å². The number of amides is 2. The molecule has 60 heavy (non-hydrogen) atoms. The number of carbonyl (C=O) groups is 2. The van der Waals surface area contributed by atoms with Crippen molar-refractivity contribution in [1.82, 2.24) is 9.97 Å². The molecule has 0 bridgehead atoms. The molecule has 11 nitrogen and oxygen atoms in total. The first-order valence-electron chi connectivity index (χ1n) is 17.4. The number of halogens is 5. The zero-order valence-electron chi connectivity index (χ0n) is 31.4. The minimum Gasteiger partial charge on any atom is -0.497 e. The third kappa shape index (κ3) is 9.68. The second-order valence-corrected chi connectivity index (χ2v) is 15.8. The third-order valence-corrected chi connectivity index (χ3v) is 11.3. The Morgan fingerprint density at radius 2 is 1.08 bits per heavy atom. The van der Waals surface area contributed by atoms with Crippen LogP contribution in [-0.4, -0.2) is 36.0 Å². The van der Waals surface area contributed by atoms with Gasteiger partial charge >= 0.3 is 0 Å². The molecule has 2 amide bonds. The fourth-order valence-corrected chi connectivity index (χ4v) is 8.26. The number of carbonyl (C=O) groups excluding carboxylic acids is 2. The van der Waals surface area contributed by atoms with Gasteiger partial charge in [0.2, 0.25) is 0 Å². The van der Waals surface area contributed by atoms with Crippen LogP contribution in [0.4, 0.5) is 23.2 Å². The molecule has 0 atom stereocenters. The van der Waals surface area contributed by atoms with Crippen molar-refractivity contribution in [3.8, 4) is 56.0 Å². The zero-order chi connectivity index (χ0) is 43.1. The van der Waals surface area contributed by atoms with Gasteiger partial charge in [0.05, 0.1) is 34.3 Å². The molecule has 2 heterocycles. The Morgan fingerprint density at radius 1 is 0.633 bits per heavy atom. The molecule has 0 aliphatic rings. The summed E-state index contributed by atoms with van der Waals surface area (Å²) in [6, 6.07) is 26.2. The average molecular weight is 923 g/mol. The molecule has 7 aromatic rings. The summed E-state index contributed by atoms with van der Waals surface area (Å²) in [5.74, 6) is -5.93. The van der Waals surface area contributed by atoms with E-state index in [1.807, 2.05) is 66.7 Å². The van der Waals surface area contributed by atoms with Crippen LogP contribution < -0.4 is 36.1 Å².